The quantitative estimate of drug-likeness (QED) is 0.789. The van der Waals surface area contributed by atoms with Gasteiger partial charge in [-0.05, 0) is 56.5 Å². The second-order valence-corrected chi connectivity index (χ2v) is 6.55. The van der Waals surface area contributed by atoms with Gasteiger partial charge in [0.25, 0.3) is 0 Å². The van der Waals surface area contributed by atoms with Crippen LogP contribution in [0.2, 0.25) is 5.02 Å². The van der Waals surface area contributed by atoms with Crippen molar-refractivity contribution in [3.8, 4) is 0 Å². The molecule has 1 heterocycles. The van der Waals surface area contributed by atoms with Gasteiger partial charge in [0.2, 0.25) is 0 Å². The Morgan fingerprint density at radius 3 is 2.57 bits per heavy atom. The van der Waals surface area contributed by atoms with Crippen molar-refractivity contribution in [2.45, 2.75) is 58.0 Å². The van der Waals surface area contributed by atoms with Crippen molar-refractivity contribution in [1.29, 1.82) is 0 Å². The molecular formula is C18H29ClN2. The normalized spacial score (nSPS) is 20.7. The highest BCUT2D eigenvalue weighted by atomic mass is 35.5. The predicted molar refractivity (Wildman–Crippen MR) is 92.0 cm³/mol. The van der Waals surface area contributed by atoms with Gasteiger partial charge in [0.1, 0.15) is 0 Å². The van der Waals surface area contributed by atoms with Crippen LogP contribution in [0.15, 0.2) is 24.3 Å². The first-order valence-electron chi connectivity index (χ1n) is 8.47. The van der Waals surface area contributed by atoms with E-state index in [2.05, 4.69) is 36.2 Å². The molecule has 0 amide bonds. The van der Waals surface area contributed by atoms with E-state index in [-0.39, 0.29) is 0 Å². The highest BCUT2D eigenvalue weighted by molar-refractivity contribution is 6.30. The predicted octanol–water partition coefficient (Wildman–Crippen LogP) is 4.65. The molecule has 2 nitrogen and oxygen atoms in total. The molecule has 0 aromatic heterocycles. The third-order valence-electron chi connectivity index (χ3n) is 4.46. The summed E-state index contributed by atoms with van der Waals surface area (Å²) in [5.41, 5.74) is 1.39. The summed E-state index contributed by atoms with van der Waals surface area (Å²) in [5, 5.41) is 4.51. The molecule has 1 aromatic rings. The maximum Gasteiger partial charge on any atom is 0.0406 e. The van der Waals surface area contributed by atoms with Crippen molar-refractivity contribution in [1.82, 2.24) is 10.2 Å². The number of nitrogens with one attached hydrogen (secondary N) is 1. The number of piperidine rings is 1. The van der Waals surface area contributed by atoms with E-state index < -0.39 is 0 Å². The van der Waals surface area contributed by atoms with Gasteiger partial charge in [-0.3, -0.25) is 4.90 Å². The molecule has 0 saturated carbocycles. The molecule has 1 N–H and O–H groups in total. The lowest BCUT2D eigenvalue weighted by Gasteiger charge is -2.36. The van der Waals surface area contributed by atoms with Crippen LogP contribution in [0.3, 0.4) is 0 Å². The highest BCUT2D eigenvalue weighted by Gasteiger charge is 2.22. The van der Waals surface area contributed by atoms with Crippen LogP contribution in [0.4, 0.5) is 0 Å². The van der Waals surface area contributed by atoms with Gasteiger partial charge in [0.15, 0.2) is 0 Å². The molecule has 2 unspecified atom stereocenters. The fourth-order valence-corrected chi connectivity index (χ4v) is 3.54. The van der Waals surface area contributed by atoms with Gasteiger partial charge in [-0.25, -0.2) is 0 Å². The van der Waals surface area contributed by atoms with Gasteiger partial charge < -0.3 is 5.32 Å². The van der Waals surface area contributed by atoms with Crippen LogP contribution >= 0.6 is 11.6 Å². The third-order valence-corrected chi connectivity index (χ3v) is 4.71. The Labute approximate surface area is 134 Å². The molecule has 0 radical (unpaired) electrons. The summed E-state index contributed by atoms with van der Waals surface area (Å²) >= 11 is 6.03. The first-order valence-corrected chi connectivity index (χ1v) is 8.85. The fraction of sp³-hybridized carbons (Fsp3) is 0.667. The Bertz CT molecular complexity index is 398. The summed E-state index contributed by atoms with van der Waals surface area (Å²) in [5.74, 6) is 0. The van der Waals surface area contributed by atoms with Crippen LogP contribution in [-0.2, 0) is 0 Å². The van der Waals surface area contributed by atoms with E-state index in [9.17, 15) is 0 Å². The first-order chi connectivity index (χ1) is 10.2. The maximum atomic E-state index is 6.03. The Morgan fingerprint density at radius 1 is 1.24 bits per heavy atom. The van der Waals surface area contributed by atoms with Crippen LogP contribution in [0, 0.1) is 0 Å². The number of halogens is 1. The van der Waals surface area contributed by atoms with Crippen LogP contribution in [-0.4, -0.2) is 30.6 Å². The minimum atomic E-state index is 0.506. The Morgan fingerprint density at radius 2 is 2.00 bits per heavy atom. The monoisotopic (exact) mass is 308 g/mol. The molecule has 1 aliphatic heterocycles. The van der Waals surface area contributed by atoms with E-state index in [0.29, 0.717) is 12.1 Å². The average molecular weight is 309 g/mol. The largest absolute Gasteiger partial charge is 0.313 e. The van der Waals surface area contributed by atoms with Crippen molar-refractivity contribution in [3.63, 3.8) is 0 Å². The minimum Gasteiger partial charge on any atom is -0.313 e. The zero-order valence-electron chi connectivity index (χ0n) is 13.4. The topological polar surface area (TPSA) is 15.3 Å². The summed E-state index contributed by atoms with van der Waals surface area (Å²) in [7, 11) is 0. The minimum absolute atomic E-state index is 0.506. The van der Waals surface area contributed by atoms with E-state index in [1.54, 1.807) is 0 Å². The van der Waals surface area contributed by atoms with E-state index >= 15 is 0 Å². The molecule has 0 aliphatic carbocycles. The Hall–Kier alpha value is -0.570. The number of nitrogens with zero attached hydrogens (tertiary/aromatic N) is 1. The van der Waals surface area contributed by atoms with Crippen LogP contribution in [0.25, 0.3) is 0 Å². The Balaban J connectivity index is 2.07. The number of rotatable bonds is 7. The number of hydrogen-bond donors (Lipinski definition) is 1. The molecule has 1 aliphatic rings. The lowest BCUT2D eigenvalue weighted by Crippen LogP contribution is -2.45. The molecule has 3 heteroatoms. The molecule has 21 heavy (non-hydrogen) atoms. The summed E-state index contributed by atoms with van der Waals surface area (Å²) in [6.45, 7) is 8.07. The first kappa shape index (κ1) is 16.8. The Kier molecular flexibility index (Phi) is 7.01. The third kappa shape index (κ3) is 4.98. The van der Waals surface area contributed by atoms with E-state index in [1.807, 2.05) is 12.1 Å². The van der Waals surface area contributed by atoms with Gasteiger partial charge in [0.05, 0.1) is 0 Å². The van der Waals surface area contributed by atoms with Crippen LogP contribution in [0.1, 0.15) is 57.6 Å². The smallest absolute Gasteiger partial charge is 0.0406 e. The molecule has 1 aromatic carbocycles. The van der Waals surface area contributed by atoms with Crippen molar-refractivity contribution in [2.24, 2.45) is 0 Å². The van der Waals surface area contributed by atoms with Crippen molar-refractivity contribution in [2.75, 3.05) is 19.6 Å². The van der Waals surface area contributed by atoms with Gasteiger partial charge in [0, 0.05) is 23.7 Å². The van der Waals surface area contributed by atoms with Crippen LogP contribution < -0.4 is 5.32 Å². The van der Waals surface area contributed by atoms with Gasteiger partial charge in [-0.15, -0.1) is 0 Å². The number of hydrogen-bond acceptors (Lipinski definition) is 2. The molecule has 1 fully saturated rings. The van der Waals surface area contributed by atoms with Crippen molar-refractivity contribution >= 4 is 11.6 Å². The molecule has 0 bridgehead atoms. The van der Waals surface area contributed by atoms with Gasteiger partial charge in [-0.1, -0.05) is 44.0 Å². The van der Waals surface area contributed by atoms with Crippen LogP contribution in [0.5, 0.6) is 0 Å². The summed E-state index contributed by atoms with van der Waals surface area (Å²) in [6, 6.07) is 9.57. The average Bonchev–Trinajstić information content (AvgIpc) is 2.51. The van der Waals surface area contributed by atoms with Gasteiger partial charge >= 0.3 is 0 Å². The van der Waals surface area contributed by atoms with Crippen molar-refractivity contribution < 1.29 is 0 Å². The zero-order chi connectivity index (χ0) is 15.1. The molecule has 2 atom stereocenters. The number of benzene rings is 1. The summed E-state index contributed by atoms with van der Waals surface area (Å²) in [6.07, 6.45) is 6.37. The summed E-state index contributed by atoms with van der Waals surface area (Å²) < 4.78 is 0. The lowest BCUT2D eigenvalue weighted by atomic mass is 9.99. The highest BCUT2D eigenvalue weighted by Crippen LogP contribution is 2.26. The van der Waals surface area contributed by atoms with E-state index in [1.165, 1.54) is 44.3 Å². The lowest BCUT2D eigenvalue weighted by molar-refractivity contribution is 0.161. The molecular weight excluding hydrogens is 280 g/mol. The second kappa shape index (κ2) is 8.77. The van der Waals surface area contributed by atoms with Gasteiger partial charge in [-0.2, -0.15) is 0 Å². The summed E-state index contributed by atoms with van der Waals surface area (Å²) in [4.78, 5) is 2.66. The molecule has 0 spiro atoms. The molecule has 2 rings (SSSR count). The SMILES string of the molecule is CCCN(CC1CCCCN1)C(CC)c1ccc(Cl)cc1. The molecule has 1 saturated heterocycles. The molecule has 118 valence electrons. The second-order valence-electron chi connectivity index (χ2n) is 6.12. The zero-order valence-corrected chi connectivity index (χ0v) is 14.2. The van der Waals surface area contributed by atoms with E-state index in [4.69, 9.17) is 11.6 Å². The standard InChI is InChI=1S/C18H29ClN2/c1-3-13-21(14-17-7-5-6-12-20-17)18(4-2)15-8-10-16(19)11-9-15/h8-11,17-18,20H,3-7,12-14H2,1-2H3. The maximum absolute atomic E-state index is 6.03. The van der Waals surface area contributed by atoms with Crippen molar-refractivity contribution in [3.05, 3.63) is 34.9 Å². The van der Waals surface area contributed by atoms with E-state index in [0.717, 1.165) is 18.0 Å². The fourth-order valence-electron chi connectivity index (χ4n) is 3.41.